The Morgan fingerprint density at radius 2 is 2.11 bits per heavy atom. The van der Waals surface area contributed by atoms with Crippen molar-refractivity contribution in [2.45, 2.75) is 19.1 Å². The quantitative estimate of drug-likeness (QED) is 0.887. The fourth-order valence-corrected chi connectivity index (χ4v) is 1.39. The number of carbonyl (C=O) groups is 1. The Labute approximate surface area is 109 Å². The van der Waals surface area contributed by atoms with Gasteiger partial charge in [0.15, 0.2) is 0 Å². The zero-order valence-electron chi connectivity index (χ0n) is 10.5. The lowest BCUT2D eigenvalue weighted by Crippen LogP contribution is -2.34. The van der Waals surface area contributed by atoms with Gasteiger partial charge >= 0.3 is 12.2 Å². The Hall–Kier alpha value is -1.76. The fourth-order valence-electron chi connectivity index (χ4n) is 1.39. The Kier molecular flexibility index (Phi) is 5.17. The molecule has 0 aliphatic heterocycles. The number of hydrogen-bond donors (Lipinski definition) is 2. The molecule has 1 rings (SSSR count). The van der Waals surface area contributed by atoms with Gasteiger partial charge in [-0.05, 0) is 17.7 Å². The first-order valence-electron chi connectivity index (χ1n) is 5.69. The van der Waals surface area contributed by atoms with Crippen LogP contribution in [0.5, 0.6) is 0 Å². The minimum Gasteiger partial charge on any atom is -0.327 e. The number of hydrogen-bond acceptors (Lipinski definition) is 2. The molecule has 0 aliphatic rings. The van der Waals surface area contributed by atoms with Crippen molar-refractivity contribution < 1.29 is 18.0 Å². The van der Waals surface area contributed by atoms with Gasteiger partial charge in [-0.2, -0.15) is 13.2 Å². The average molecular weight is 275 g/mol. The first-order valence-corrected chi connectivity index (χ1v) is 5.69. The number of nitrogens with two attached hydrogens (primary N) is 1. The van der Waals surface area contributed by atoms with Gasteiger partial charge in [0.05, 0.1) is 6.42 Å². The molecule has 1 aromatic rings. The molecule has 0 spiro atoms. The fraction of sp³-hybridized carbons (Fsp3) is 0.417. The van der Waals surface area contributed by atoms with E-state index < -0.39 is 18.6 Å². The molecule has 0 saturated carbocycles. The molecule has 0 atom stereocenters. The van der Waals surface area contributed by atoms with Gasteiger partial charge in [0.1, 0.15) is 0 Å². The first kappa shape index (κ1) is 15.3. The van der Waals surface area contributed by atoms with Crippen LogP contribution in [-0.4, -0.2) is 30.7 Å². The molecule has 0 fully saturated rings. The van der Waals surface area contributed by atoms with Crippen LogP contribution in [0.2, 0.25) is 0 Å². The number of nitrogens with zero attached hydrogens (tertiary/aromatic N) is 1. The second-order valence-electron chi connectivity index (χ2n) is 4.12. The van der Waals surface area contributed by atoms with E-state index in [9.17, 15) is 18.0 Å². The van der Waals surface area contributed by atoms with Crippen LogP contribution < -0.4 is 11.1 Å². The summed E-state index contributed by atoms with van der Waals surface area (Å²) >= 11 is 0. The lowest BCUT2D eigenvalue weighted by Gasteiger charge is -2.19. The highest BCUT2D eigenvalue weighted by Gasteiger charge is 2.28. The summed E-state index contributed by atoms with van der Waals surface area (Å²) in [6.07, 6.45) is -5.30. The van der Waals surface area contributed by atoms with Gasteiger partial charge in [-0.25, -0.2) is 4.79 Å². The Bertz CT molecular complexity index is 434. The molecule has 1 aromatic carbocycles. The van der Waals surface area contributed by atoms with Crippen molar-refractivity contribution in [3.05, 3.63) is 29.8 Å². The van der Waals surface area contributed by atoms with Gasteiger partial charge in [-0.15, -0.1) is 0 Å². The van der Waals surface area contributed by atoms with Crippen LogP contribution in [0.4, 0.5) is 23.7 Å². The number of benzene rings is 1. The standard InChI is InChI=1S/C12H16F3N3O/c1-18(6-5-12(13,14)15)11(19)17-10-4-2-3-9(7-10)8-16/h2-4,7H,5-6,8,16H2,1H3,(H,17,19). The van der Waals surface area contributed by atoms with Gasteiger partial charge in [0, 0.05) is 25.8 Å². The highest BCUT2D eigenvalue weighted by molar-refractivity contribution is 5.89. The van der Waals surface area contributed by atoms with Gasteiger partial charge in [-0.1, -0.05) is 12.1 Å². The van der Waals surface area contributed by atoms with Gasteiger partial charge in [-0.3, -0.25) is 0 Å². The molecule has 0 heterocycles. The molecule has 0 saturated heterocycles. The number of nitrogens with one attached hydrogen (secondary N) is 1. The van der Waals surface area contributed by atoms with Crippen molar-refractivity contribution >= 4 is 11.7 Å². The number of alkyl halides is 3. The molecule has 106 valence electrons. The highest BCUT2D eigenvalue weighted by atomic mass is 19.4. The van der Waals surface area contributed by atoms with Crippen molar-refractivity contribution in [1.29, 1.82) is 0 Å². The summed E-state index contributed by atoms with van der Waals surface area (Å²) < 4.78 is 36.1. The zero-order chi connectivity index (χ0) is 14.5. The van der Waals surface area contributed by atoms with Crippen LogP contribution >= 0.6 is 0 Å². The minimum absolute atomic E-state index is 0.327. The Morgan fingerprint density at radius 3 is 2.68 bits per heavy atom. The third-order valence-electron chi connectivity index (χ3n) is 2.49. The summed E-state index contributed by atoms with van der Waals surface area (Å²) in [5, 5.41) is 2.52. The van der Waals surface area contributed by atoms with Gasteiger partial charge in [0.2, 0.25) is 0 Å². The predicted octanol–water partition coefficient (Wildman–Crippen LogP) is 2.56. The third kappa shape index (κ3) is 5.60. The maximum Gasteiger partial charge on any atom is 0.390 e. The summed E-state index contributed by atoms with van der Waals surface area (Å²) in [4.78, 5) is 12.6. The lowest BCUT2D eigenvalue weighted by atomic mass is 10.2. The zero-order valence-corrected chi connectivity index (χ0v) is 10.5. The van der Waals surface area contributed by atoms with Crippen LogP contribution in [0, 0.1) is 0 Å². The second-order valence-corrected chi connectivity index (χ2v) is 4.12. The summed E-state index contributed by atoms with van der Waals surface area (Å²) in [5.74, 6) is 0. The largest absolute Gasteiger partial charge is 0.390 e. The SMILES string of the molecule is CN(CCC(F)(F)F)C(=O)Nc1cccc(CN)c1. The van der Waals surface area contributed by atoms with E-state index in [-0.39, 0.29) is 6.54 Å². The summed E-state index contributed by atoms with van der Waals surface area (Å²) in [7, 11) is 1.31. The van der Waals surface area contributed by atoms with Gasteiger partial charge < -0.3 is 16.0 Å². The van der Waals surface area contributed by atoms with E-state index in [0.29, 0.717) is 12.2 Å². The van der Waals surface area contributed by atoms with Crippen molar-refractivity contribution in [3.63, 3.8) is 0 Å². The van der Waals surface area contributed by atoms with Crippen LogP contribution in [0.15, 0.2) is 24.3 Å². The maximum atomic E-state index is 12.0. The van der Waals surface area contributed by atoms with Crippen molar-refractivity contribution in [2.24, 2.45) is 5.73 Å². The number of anilines is 1. The third-order valence-corrected chi connectivity index (χ3v) is 2.49. The van der Waals surface area contributed by atoms with Crippen molar-refractivity contribution in [1.82, 2.24) is 4.90 Å². The molecule has 0 aliphatic carbocycles. The van der Waals surface area contributed by atoms with Gasteiger partial charge in [0.25, 0.3) is 0 Å². The highest BCUT2D eigenvalue weighted by Crippen LogP contribution is 2.19. The van der Waals surface area contributed by atoms with E-state index in [0.717, 1.165) is 10.5 Å². The van der Waals surface area contributed by atoms with E-state index >= 15 is 0 Å². The lowest BCUT2D eigenvalue weighted by molar-refractivity contribution is -0.135. The first-order chi connectivity index (χ1) is 8.81. The van der Waals surface area contributed by atoms with E-state index in [4.69, 9.17) is 5.73 Å². The smallest absolute Gasteiger partial charge is 0.327 e. The van der Waals surface area contributed by atoms with Crippen LogP contribution in [0.25, 0.3) is 0 Å². The summed E-state index contributed by atoms with van der Waals surface area (Å²) in [6.45, 7) is -0.0560. The van der Waals surface area contributed by atoms with Crippen molar-refractivity contribution in [2.75, 3.05) is 18.9 Å². The van der Waals surface area contributed by atoms with E-state index in [2.05, 4.69) is 5.32 Å². The summed E-state index contributed by atoms with van der Waals surface area (Å²) in [5.41, 5.74) is 6.79. The molecule has 4 nitrogen and oxygen atoms in total. The number of amides is 2. The molecular weight excluding hydrogens is 259 g/mol. The second kappa shape index (κ2) is 6.42. The molecule has 3 N–H and O–H groups in total. The molecule has 0 bridgehead atoms. The van der Waals surface area contributed by atoms with Crippen LogP contribution in [0.1, 0.15) is 12.0 Å². The topological polar surface area (TPSA) is 58.4 Å². The molecule has 2 amide bonds. The van der Waals surface area contributed by atoms with Crippen LogP contribution in [0.3, 0.4) is 0 Å². The molecule has 0 unspecified atom stereocenters. The Morgan fingerprint density at radius 1 is 1.42 bits per heavy atom. The molecular formula is C12H16F3N3O. The monoisotopic (exact) mass is 275 g/mol. The molecule has 19 heavy (non-hydrogen) atoms. The van der Waals surface area contributed by atoms with E-state index in [1.165, 1.54) is 7.05 Å². The van der Waals surface area contributed by atoms with Crippen LogP contribution in [-0.2, 0) is 6.54 Å². The average Bonchev–Trinajstić information content (AvgIpc) is 2.35. The Balaban J connectivity index is 2.53. The number of halogens is 3. The number of urea groups is 1. The maximum absolute atomic E-state index is 12.0. The minimum atomic E-state index is -4.27. The molecule has 0 radical (unpaired) electrons. The molecule has 0 aromatic heterocycles. The normalized spacial score (nSPS) is 11.2. The van der Waals surface area contributed by atoms with E-state index in [1.807, 2.05) is 0 Å². The van der Waals surface area contributed by atoms with Crippen molar-refractivity contribution in [3.8, 4) is 0 Å². The molecule has 7 heteroatoms. The summed E-state index contributed by atoms with van der Waals surface area (Å²) in [6, 6.07) is 6.25. The number of carbonyl (C=O) groups excluding carboxylic acids is 1. The number of rotatable bonds is 4. The van der Waals surface area contributed by atoms with E-state index in [1.54, 1.807) is 24.3 Å². The predicted molar refractivity (Wildman–Crippen MR) is 66.7 cm³/mol.